The smallest absolute Gasteiger partial charge is 0.0409 e. The molecule has 110 valence electrons. The van der Waals surface area contributed by atoms with Crippen LogP contribution in [0.3, 0.4) is 0 Å². The van der Waals surface area contributed by atoms with Gasteiger partial charge in [0.1, 0.15) is 0 Å². The Hall–Kier alpha value is -1.25. The number of rotatable bonds is 6. The molecule has 0 aromatic heterocycles. The maximum absolute atomic E-state index is 3.47. The minimum atomic E-state index is 0.454. The van der Waals surface area contributed by atoms with Crippen LogP contribution in [0.2, 0.25) is 0 Å². The van der Waals surface area contributed by atoms with Gasteiger partial charge >= 0.3 is 0 Å². The van der Waals surface area contributed by atoms with Crippen LogP contribution in [0.5, 0.6) is 0 Å². The predicted octanol–water partition coefficient (Wildman–Crippen LogP) is 4.66. The molecule has 0 saturated heterocycles. The van der Waals surface area contributed by atoms with Gasteiger partial charge in [-0.15, -0.1) is 0 Å². The summed E-state index contributed by atoms with van der Waals surface area (Å²) in [7, 11) is 2.07. The fourth-order valence-electron chi connectivity index (χ4n) is 3.07. The number of hydrogen-bond acceptors (Lipinski definition) is 2. The van der Waals surface area contributed by atoms with Crippen LogP contribution in [0.4, 0.5) is 0 Å². The molecule has 2 heteroatoms. The van der Waals surface area contributed by atoms with Gasteiger partial charge in [-0.05, 0) is 53.5 Å². The molecule has 0 aliphatic heterocycles. The Morgan fingerprint density at radius 2 is 1.90 bits per heavy atom. The Labute approximate surface area is 132 Å². The zero-order chi connectivity index (χ0) is 14.7. The summed E-state index contributed by atoms with van der Waals surface area (Å²) < 4.78 is 0. The zero-order valence-electron chi connectivity index (χ0n) is 12.9. The highest BCUT2D eigenvalue weighted by atomic mass is 32.2. The van der Waals surface area contributed by atoms with Crippen molar-refractivity contribution in [2.75, 3.05) is 18.6 Å². The first-order valence-corrected chi connectivity index (χ1v) is 8.95. The third-order valence-corrected chi connectivity index (χ3v) is 5.47. The minimum absolute atomic E-state index is 0.454. The van der Waals surface area contributed by atoms with Gasteiger partial charge in [-0.3, -0.25) is 0 Å². The number of hydrogen-bond donors (Lipinski definition) is 1. The fraction of sp³-hybridized carbons (Fsp3) is 0.368. The summed E-state index contributed by atoms with van der Waals surface area (Å²) in [5.41, 5.74) is 7.21. The normalized spacial score (nSPS) is 13.8. The second-order valence-corrected chi connectivity index (χ2v) is 6.82. The molecule has 0 amide bonds. The second-order valence-electron chi connectivity index (χ2n) is 5.67. The quantitative estimate of drug-likeness (QED) is 0.664. The molecule has 0 bridgehead atoms. The van der Waals surface area contributed by atoms with Gasteiger partial charge in [-0.2, -0.15) is 11.8 Å². The van der Waals surface area contributed by atoms with Gasteiger partial charge in [0.05, 0.1) is 0 Å². The molecule has 21 heavy (non-hydrogen) atoms. The van der Waals surface area contributed by atoms with E-state index >= 15 is 0 Å². The molecular weight excluding hydrogens is 274 g/mol. The molecule has 2 aromatic rings. The molecule has 1 unspecified atom stereocenters. The Kier molecular flexibility index (Phi) is 4.67. The van der Waals surface area contributed by atoms with Crippen molar-refractivity contribution in [3.63, 3.8) is 0 Å². The van der Waals surface area contributed by atoms with Gasteiger partial charge in [0.25, 0.3) is 0 Å². The molecule has 1 N–H and O–H groups in total. The minimum Gasteiger partial charge on any atom is -0.312 e. The highest BCUT2D eigenvalue weighted by molar-refractivity contribution is 7.99. The molecule has 1 aliphatic carbocycles. The first kappa shape index (κ1) is 14.7. The lowest BCUT2D eigenvalue weighted by Crippen LogP contribution is -2.19. The maximum Gasteiger partial charge on any atom is 0.0409 e. The SMILES string of the molecule is CCCSCC(NC)c1ccc2c(c1)Cc1ccccc1-2. The van der Waals surface area contributed by atoms with E-state index in [1.807, 2.05) is 11.8 Å². The standard InChI is InChI=1S/C19H23NS/c1-3-10-21-13-19(20-2)15-8-9-18-16(12-15)11-14-6-4-5-7-17(14)18/h4-9,12,19-20H,3,10-11,13H2,1-2H3. The summed E-state index contributed by atoms with van der Waals surface area (Å²) in [5.74, 6) is 2.39. The van der Waals surface area contributed by atoms with E-state index in [1.165, 1.54) is 40.0 Å². The Bertz CT molecular complexity index is 621. The van der Waals surface area contributed by atoms with Crippen molar-refractivity contribution in [2.24, 2.45) is 0 Å². The largest absolute Gasteiger partial charge is 0.312 e. The van der Waals surface area contributed by atoms with Gasteiger partial charge in [0.15, 0.2) is 0 Å². The molecule has 2 aromatic carbocycles. The Balaban J connectivity index is 1.82. The van der Waals surface area contributed by atoms with Crippen LogP contribution in [0.1, 0.15) is 36.1 Å². The summed E-state index contributed by atoms with van der Waals surface area (Å²) in [5, 5.41) is 3.47. The van der Waals surface area contributed by atoms with E-state index in [9.17, 15) is 0 Å². The molecule has 0 heterocycles. The van der Waals surface area contributed by atoms with Crippen LogP contribution >= 0.6 is 11.8 Å². The first-order valence-electron chi connectivity index (χ1n) is 7.79. The van der Waals surface area contributed by atoms with E-state index in [2.05, 4.69) is 61.8 Å². The van der Waals surface area contributed by atoms with Crippen molar-refractivity contribution in [1.29, 1.82) is 0 Å². The third kappa shape index (κ3) is 3.02. The van der Waals surface area contributed by atoms with Crippen LogP contribution in [-0.4, -0.2) is 18.6 Å². The van der Waals surface area contributed by atoms with E-state index in [0.717, 1.165) is 12.2 Å². The molecule has 1 atom stereocenters. The summed E-state index contributed by atoms with van der Waals surface area (Å²) in [4.78, 5) is 0. The Morgan fingerprint density at radius 3 is 2.71 bits per heavy atom. The topological polar surface area (TPSA) is 12.0 Å². The van der Waals surface area contributed by atoms with Gasteiger partial charge in [-0.25, -0.2) is 0 Å². The van der Waals surface area contributed by atoms with E-state index in [-0.39, 0.29) is 0 Å². The predicted molar refractivity (Wildman–Crippen MR) is 94.1 cm³/mol. The van der Waals surface area contributed by atoms with E-state index in [1.54, 1.807) is 0 Å². The van der Waals surface area contributed by atoms with Gasteiger partial charge in [0, 0.05) is 11.8 Å². The monoisotopic (exact) mass is 297 g/mol. The summed E-state index contributed by atoms with van der Waals surface area (Å²) >= 11 is 2.04. The highest BCUT2D eigenvalue weighted by Gasteiger charge is 2.19. The van der Waals surface area contributed by atoms with Crippen molar-refractivity contribution in [3.05, 3.63) is 59.2 Å². The van der Waals surface area contributed by atoms with Crippen molar-refractivity contribution in [2.45, 2.75) is 25.8 Å². The average molecular weight is 297 g/mol. The first-order chi connectivity index (χ1) is 10.3. The van der Waals surface area contributed by atoms with Crippen LogP contribution in [0.15, 0.2) is 42.5 Å². The van der Waals surface area contributed by atoms with Crippen molar-refractivity contribution < 1.29 is 0 Å². The van der Waals surface area contributed by atoms with Gasteiger partial charge < -0.3 is 5.32 Å². The van der Waals surface area contributed by atoms with E-state index < -0.39 is 0 Å². The fourth-order valence-corrected chi connectivity index (χ4v) is 4.12. The number of fused-ring (bicyclic) bond motifs is 3. The van der Waals surface area contributed by atoms with Crippen molar-refractivity contribution >= 4 is 11.8 Å². The van der Waals surface area contributed by atoms with E-state index in [0.29, 0.717) is 6.04 Å². The van der Waals surface area contributed by atoms with E-state index in [4.69, 9.17) is 0 Å². The Morgan fingerprint density at radius 1 is 1.10 bits per heavy atom. The summed E-state index contributed by atoms with van der Waals surface area (Å²) in [6.07, 6.45) is 2.33. The lowest BCUT2D eigenvalue weighted by atomic mass is 10.0. The molecule has 0 radical (unpaired) electrons. The number of thioether (sulfide) groups is 1. The number of nitrogens with one attached hydrogen (secondary N) is 1. The van der Waals surface area contributed by atoms with Gasteiger partial charge in [-0.1, -0.05) is 49.4 Å². The average Bonchev–Trinajstić information content (AvgIpc) is 2.89. The van der Waals surface area contributed by atoms with Crippen LogP contribution < -0.4 is 5.32 Å². The summed E-state index contributed by atoms with van der Waals surface area (Å²) in [6, 6.07) is 16.2. The molecular formula is C19H23NS. The molecule has 3 rings (SSSR count). The molecule has 0 spiro atoms. The lowest BCUT2D eigenvalue weighted by Gasteiger charge is -2.17. The van der Waals surface area contributed by atoms with Crippen LogP contribution in [-0.2, 0) is 6.42 Å². The lowest BCUT2D eigenvalue weighted by molar-refractivity contribution is 0.661. The number of benzene rings is 2. The van der Waals surface area contributed by atoms with Crippen LogP contribution in [0.25, 0.3) is 11.1 Å². The van der Waals surface area contributed by atoms with Gasteiger partial charge in [0.2, 0.25) is 0 Å². The summed E-state index contributed by atoms with van der Waals surface area (Å²) in [6.45, 7) is 2.24. The second kappa shape index (κ2) is 6.67. The molecule has 1 nitrogen and oxygen atoms in total. The molecule has 0 fully saturated rings. The van der Waals surface area contributed by atoms with Crippen LogP contribution in [0, 0.1) is 0 Å². The van der Waals surface area contributed by atoms with Crippen molar-refractivity contribution in [3.8, 4) is 11.1 Å². The third-order valence-electron chi connectivity index (χ3n) is 4.20. The van der Waals surface area contributed by atoms with Crippen molar-refractivity contribution in [1.82, 2.24) is 5.32 Å². The molecule has 1 aliphatic rings. The zero-order valence-corrected chi connectivity index (χ0v) is 13.7. The molecule has 0 saturated carbocycles. The highest BCUT2D eigenvalue weighted by Crippen LogP contribution is 2.37. The maximum atomic E-state index is 3.47.